The Labute approximate surface area is 103 Å². The largest absolute Gasteiger partial charge is 0.313 e. The van der Waals surface area contributed by atoms with Gasteiger partial charge in [-0.3, -0.25) is 0 Å². The minimum atomic E-state index is -0.545. The van der Waals surface area contributed by atoms with Crippen LogP contribution in [0.4, 0.5) is 8.78 Å². The predicted molar refractivity (Wildman–Crippen MR) is 67.1 cm³/mol. The molecule has 0 aliphatic heterocycles. The standard InChI is InChI=1S/C13H13F2NS/c1-8(16-2)12-3-4-13(17-12)9-5-10(14)7-11(15)6-9/h3-8,16H,1-2H3. The van der Waals surface area contributed by atoms with Crippen molar-refractivity contribution in [1.29, 1.82) is 0 Å². The molecule has 0 amide bonds. The van der Waals surface area contributed by atoms with Gasteiger partial charge < -0.3 is 5.32 Å². The Bertz CT molecular complexity index is 502. The Morgan fingerprint density at radius 3 is 2.35 bits per heavy atom. The van der Waals surface area contributed by atoms with Gasteiger partial charge in [-0.25, -0.2) is 8.78 Å². The van der Waals surface area contributed by atoms with Crippen molar-refractivity contribution in [3.8, 4) is 10.4 Å². The number of hydrogen-bond acceptors (Lipinski definition) is 2. The van der Waals surface area contributed by atoms with Crippen LogP contribution in [0.5, 0.6) is 0 Å². The van der Waals surface area contributed by atoms with Crippen LogP contribution < -0.4 is 5.32 Å². The predicted octanol–water partition coefficient (Wildman–Crippen LogP) is 3.97. The lowest BCUT2D eigenvalue weighted by atomic mass is 10.2. The summed E-state index contributed by atoms with van der Waals surface area (Å²) < 4.78 is 26.2. The van der Waals surface area contributed by atoms with E-state index in [1.165, 1.54) is 12.1 Å². The van der Waals surface area contributed by atoms with E-state index in [1.54, 1.807) is 11.3 Å². The van der Waals surface area contributed by atoms with E-state index in [0.717, 1.165) is 15.8 Å². The molecular weight excluding hydrogens is 240 g/mol. The minimum absolute atomic E-state index is 0.243. The smallest absolute Gasteiger partial charge is 0.126 e. The normalized spacial score (nSPS) is 12.7. The molecule has 1 atom stereocenters. The average molecular weight is 253 g/mol. The van der Waals surface area contributed by atoms with Gasteiger partial charge in [0.15, 0.2) is 0 Å². The number of halogens is 2. The lowest BCUT2D eigenvalue weighted by Gasteiger charge is -2.06. The summed E-state index contributed by atoms with van der Waals surface area (Å²) in [4.78, 5) is 2.02. The summed E-state index contributed by atoms with van der Waals surface area (Å²) >= 11 is 1.54. The summed E-state index contributed by atoms with van der Waals surface area (Å²) in [5.74, 6) is -1.09. The van der Waals surface area contributed by atoms with Crippen LogP contribution in [0.1, 0.15) is 17.8 Å². The monoisotopic (exact) mass is 253 g/mol. The number of hydrogen-bond donors (Lipinski definition) is 1. The Morgan fingerprint density at radius 2 is 1.76 bits per heavy atom. The summed E-state index contributed by atoms with van der Waals surface area (Å²) in [5, 5.41) is 3.13. The molecule has 17 heavy (non-hydrogen) atoms. The Balaban J connectivity index is 2.36. The van der Waals surface area contributed by atoms with Crippen LogP contribution in [0.3, 0.4) is 0 Å². The Hall–Kier alpha value is -1.26. The molecule has 4 heteroatoms. The molecule has 0 fully saturated rings. The van der Waals surface area contributed by atoms with E-state index in [0.29, 0.717) is 5.56 Å². The third-order valence-electron chi connectivity index (χ3n) is 2.63. The van der Waals surface area contributed by atoms with E-state index < -0.39 is 11.6 Å². The van der Waals surface area contributed by atoms with Crippen molar-refractivity contribution in [2.75, 3.05) is 7.05 Å². The van der Waals surface area contributed by atoms with Crippen LogP contribution in [0, 0.1) is 11.6 Å². The first-order chi connectivity index (χ1) is 8.10. The molecule has 0 saturated carbocycles. The van der Waals surface area contributed by atoms with Crippen LogP contribution in [0.2, 0.25) is 0 Å². The van der Waals surface area contributed by atoms with E-state index in [-0.39, 0.29) is 6.04 Å². The average Bonchev–Trinajstić information content (AvgIpc) is 2.76. The van der Waals surface area contributed by atoms with Gasteiger partial charge in [-0.05, 0) is 43.8 Å². The molecule has 1 N–H and O–H groups in total. The molecule has 2 rings (SSSR count). The second kappa shape index (κ2) is 4.94. The Kier molecular flexibility index (Phi) is 3.54. The highest BCUT2D eigenvalue weighted by Gasteiger charge is 2.09. The van der Waals surface area contributed by atoms with Crippen LogP contribution in [0.25, 0.3) is 10.4 Å². The zero-order chi connectivity index (χ0) is 12.4. The molecule has 0 saturated heterocycles. The lowest BCUT2D eigenvalue weighted by molar-refractivity contribution is 0.584. The van der Waals surface area contributed by atoms with Gasteiger partial charge in [0, 0.05) is 21.9 Å². The number of nitrogens with one attached hydrogen (secondary N) is 1. The fraction of sp³-hybridized carbons (Fsp3) is 0.231. The van der Waals surface area contributed by atoms with Crippen LogP contribution in [-0.4, -0.2) is 7.05 Å². The summed E-state index contributed by atoms with van der Waals surface area (Å²) in [6.07, 6.45) is 0. The van der Waals surface area contributed by atoms with Gasteiger partial charge in [-0.2, -0.15) is 0 Å². The van der Waals surface area contributed by atoms with Gasteiger partial charge in [-0.15, -0.1) is 11.3 Å². The van der Waals surface area contributed by atoms with E-state index in [9.17, 15) is 8.78 Å². The summed E-state index contributed by atoms with van der Waals surface area (Å²) in [6, 6.07) is 7.69. The topological polar surface area (TPSA) is 12.0 Å². The maximum Gasteiger partial charge on any atom is 0.126 e. The molecule has 0 bridgehead atoms. The molecule has 1 nitrogen and oxygen atoms in total. The van der Waals surface area contributed by atoms with E-state index in [1.807, 2.05) is 26.1 Å². The highest BCUT2D eigenvalue weighted by atomic mass is 32.1. The number of benzene rings is 1. The molecule has 0 aliphatic rings. The summed E-state index contributed by atoms with van der Waals surface area (Å²) in [7, 11) is 1.88. The molecule has 1 unspecified atom stereocenters. The quantitative estimate of drug-likeness (QED) is 0.872. The van der Waals surface area contributed by atoms with Crippen molar-refractivity contribution in [2.24, 2.45) is 0 Å². The fourth-order valence-corrected chi connectivity index (χ4v) is 2.64. The van der Waals surface area contributed by atoms with Crippen molar-refractivity contribution in [2.45, 2.75) is 13.0 Å². The molecule has 0 aliphatic carbocycles. The lowest BCUT2D eigenvalue weighted by Crippen LogP contribution is -2.10. The molecule has 0 radical (unpaired) electrons. The molecule has 0 spiro atoms. The highest BCUT2D eigenvalue weighted by Crippen LogP contribution is 2.31. The highest BCUT2D eigenvalue weighted by molar-refractivity contribution is 7.15. The molecule has 90 valence electrons. The van der Waals surface area contributed by atoms with Crippen LogP contribution in [0.15, 0.2) is 30.3 Å². The maximum absolute atomic E-state index is 13.1. The third kappa shape index (κ3) is 2.70. The zero-order valence-corrected chi connectivity index (χ0v) is 10.4. The maximum atomic E-state index is 13.1. The first-order valence-electron chi connectivity index (χ1n) is 5.33. The van der Waals surface area contributed by atoms with E-state index in [2.05, 4.69) is 5.32 Å². The minimum Gasteiger partial charge on any atom is -0.313 e. The molecule has 1 heterocycles. The molecular formula is C13H13F2NS. The van der Waals surface area contributed by atoms with Gasteiger partial charge >= 0.3 is 0 Å². The third-order valence-corrected chi connectivity index (χ3v) is 3.95. The SMILES string of the molecule is CNC(C)c1ccc(-c2cc(F)cc(F)c2)s1. The fourth-order valence-electron chi connectivity index (χ4n) is 1.58. The van der Waals surface area contributed by atoms with Crippen LogP contribution in [-0.2, 0) is 0 Å². The van der Waals surface area contributed by atoms with Gasteiger partial charge in [0.25, 0.3) is 0 Å². The zero-order valence-electron chi connectivity index (χ0n) is 9.63. The van der Waals surface area contributed by atoms with E-state index >= 15 is 0 Å². The summed E-state index contributed by atoms with van der Waals surface area (Å²) in [5.41, 5.74) is 0.585. The van der Waals surface area contributed by atoms with Gasteiger partial charge in [-0.1, -0.05) is 0 Å². The molecule has 1 aromatic carbocycles. The van der Waals surface area contributed by atoms with Crippen molar-refractivity contribution in [1.82, 2.24) is 5.32 Å². The Morgan fingerprint density at radius 1 is 1.12 bits per heavy atom. The van der Waals surface area contributed by atoms with Gasteiger partial charge in [0.1, 0.15) is 11.6 Å². The van der Waals surface area contributed by atoms with Gasteiger partial charge in [0.2, 0.25) is 0 Å². The summed E-state index contributed by atoms with van der Waals surface area (Å²) in [6.45, 7) is 2.04. The molecule has 2 aromatic rings. The van der Waals surface area contributed by atoms with Crippen molar-refractivity contribution >= 4 is 11.3 Å². The second-order valence-corrected chi connectivity index (χ2v) is 4.99. The first-order valence-corrected chi connectivity index (χ1v) is 6.15. The van der Waals surface area contributed by atoms with Crippen molar-refractivity contribution in [3.63, 3.8) is 0 Å². The number of rotatable bonds is 3. The first kappa shape index (κ1) is 12.2. The second-order valence-electron chi connectivity index (χ2n) is 3.87. The van der Waals surface area contributed by atoms with Crippen molar-refractivity contribution < 1.29 is 8.78 Å². The number of thiophene rings is 1. The van der Waals surface area contributed by atoms with Crippen LogP contribution >= 0.6 is 11.3 Å². The van der Waals surface area contributed by atoms with Gasteiger partial charge in [0.05, 0.1) is 0 Å². The molecule has 1 aromatic heterocycles. The van der Waals surface area contributed by atoms with Crippen molar-refractivity contribution in [3.05, 3.63) is 46.8 Å². The van der Waals surface area contributed by atoms with E-state index in [4.69, 9.17) is 0 Å².